The number of carbonyl (C=O) groups is 1. The lowest BCUT2D eigenvalue weighted by atomic mass is 10.3. The van der Waals surface area contributed by atoms with Crippen LogP contribution in [0.4, 0.5) is 0 Å². The summed E-state index contributed by atoms with van der Waals surface area (Å²) in [6.07, 6.45) is 2.96. The van der Waals surface area contributed by atoms with Gasteiger partial charge in [0.1, 0.15) is 5.69 Å². The van der Waals surface area contributed by atoms with E-state index in [1.807, 2.05) is 0 Å². The van der Waals surface area contributed by atoms with Crippen molar-refractivity contribution in [2.24, 2.45) is 5.10 Å². The largest absolute Gasteiger partial charge is 0.856 e. The van der Waals surface area contributed by atoms with Crippen LogP contribution in [-0.4, -0.2) is 21.8 Å². The number of aromatic nitrogens is 2. The maximum atomic E-state index is 11.5. The van der Waals surface area contributed by atoms with Crippen molar-refractivity contribution < 1.29 is 9.90 Å². The summed E-state index contributed by atoms with van der Waals surface area (Å²) in [6.45, 7) is 0. The van der Waals surface area contributed by atoms with E-state index < -0.39 is 11.8 Å². The molecule has 0 unspecified atom stereocenters. The lowest BCUT2D eigenvalue weighted by Crippen LogP contribution is -2.27. The molecule has 0 radical (unpaired) electrons. The van der Waals surface area contributed by atoms with Crippen molar-refractivity contribution in [2.75, 3.05) is 0 Å². The molecule has 0 aromatic carbocycles. The van der Waals surface area contributed by atoms with Crippen molar-refractivity contribution in [2.45, 2.75) is 0 Å². The molecule has 1 N–H and O–H groups in total. The number of hydrogen-bond donors (Lipinski definition) is 1. The van der Waals surface area contributed by atoms with Crippen LogP contribution in [0.15, 0.2) is 53.9 Å². The molecule has 2 rings (SSSR count). The van der Waals surface area contributed by atoms with Crippen LogP contribution in [0.25, 0.3) is 0 Å². The standard InChI is InChI=1S/C12H10N4O2/c17-11(9-5-1-3-7-13-9)15-16-12(18)10-6-2-4-8-14-10/h1-8H,(H,15,17)(H,16,18)/p-1. The molecule has 0 bridgehead atoms. The highest BCUT2D eigenvalue weighted by molar-refractivity contribution is 5.94. The van der Waals surface area contributed by atoms with E-state index >= 15 is 0 Å². The third-order valence-electron chi connectivity index (χ3n) is 2.04. The summed E-state index contributed by atoms with van der Waals surface area (Å²) in [5.41, 5.74) is 2.49. The first-order chi connectivity index (χ1) is 8.77. The Morgan fingerprint density at radius 3 is 2.22 bits per heavy atom. The van der Waals surface area contributed by atoms with E-state index in [1.54, 1.807) is 24.3 Å². The molecule has 1 amide bonds. The summed E-state index contributed by atoms with van der Waals surface area (Å²) < 4.78 is 0. The Labute approximate surface area is 103 Å². The molecule has 0 fully saturated rings. The highest BCUT2D eigenvalue weighted by Gasteiger charge is 2.03. The van der Waals surface area contributed by atoms with Crippen molar-refractivity contribution in [1.29, 1.82) is 0 Å². The Balaban J connectivity index is 2.05. The lowest BCUT2D eigenvalue weighted by Gasteiger charge is -2.08. The quantitative estimate of drug-likeness (QED) is 0.462. The van der Waals surface area contributed by atoms with Crippen LogP contribution < -0.4 is 10.5 Å². The number of carbonyl (C=O) groups excluding carboxylic acids is 1. The summed E-state index contributed by atoms with van der Waals surface area (Å²) >= 11 is 0. The molecule has 2 heterocycles. The Bertz CT molecular complexity index is 555. The van der Waals surface area contributed by atoms with E-state index in [0.717, 1.165) is 0 Å². The molecular weight excluding hydrogens is 232 g/mol. The maximum Gasteiger partial charge on any atom is 0.289 e. The normalized spacial score (nSPS) is 11.0. The van der Waals surface area contributed by atoms with Gasteiger partial charge in [-0.2, -0.15) is 5.10 Å². The van der Waals surface area contributed by atoms with Crippen molar-refractivity contribution in [3.63, 3.8) is 0 Å². The molecular formula is C12H9N4O2-. The zero-order valence-electron chi connectivity index (χ0n) is 9.28. The number of pyridine rings is 2. The van der Waals surface area contributed by atoms with Gasteiger partial charge in [0.25, 0.3) is 5.91 Å². The molecule has 0 saturated carbocycles. The second kappa shape index (κ2) is 5.53. The second-order valence-electron chi connectivity index (χ2n) is 3.29. The summed E-state index contributed by atoms with van der Waals surface area (Å²) in [5.74, 6) is -1.15. The number of hydrogen-bond acceptors (Lipinski definition) is 5. The molecule has 90 valence electrons. The number of nitrogens with zero attached hydrogens (tertiary/aromatic N) is 3. The maximum absolute atomic E-state index is 11.5. The third-order valence-corrected chi connectivity index (χ3v) is 2.04. The van der Waals surface area contributed by atoms with Gasteiger partial charge in [0.05, 0.1) is 5.69 Å². The van der Waals surface area contributed by atoms with Crippen LogP contribution in [0, 0.1) is 0 Å². The molecule has 0 aliphatic carbocycles. The molecule has 0 spiro atoms. The van der Waals surface area contributed by atoms with E-state index in [-0.39, 0.29) is 11.4 Å². The molecule has 6 heteroatoms. The van der Waals surface area contributed by atoms with Crippen LogP contribution in [0.1, 0.15) is 16.2 Å². The molecule has 2 aromatic rings. The van der Waals surface area contributed by atoms with Gasteiger partial charge in [-0.1, -0.05) is 12.1 Å². The van der Waals surface area contributed by atoms with Gasteiger partial charge in [0, 0.05) is 18.3 Å². The first kappa shape index (κ1) is 11.7. The summed E-state index contributed by atoms with van der Waals surface area (Å²) in [7, 11) is 0. The first-order valence-corrected chi connectivity index (χ1v) is 5.15. The topological polar surface area (TPSA) is 90.3 Å². The van der Waals surface area contributed by atoms with E-state index in [0.29, 0.717) is 0 Å². The first-order valence-electron chi connectivity index (χ1n) is 5.15. The minimum Gasteiger partial charge on any atom is -0.856 e. The SMILES string of the molecule is O=C(NN=C([O-])c1ccccn1)c1ccccn1. The van der Waals surface area contributed by atoms with Crippen LogP contribution in [0.3, 0.4) is 0 Å². The minimum atomic E-state index is -0.611. The van der Waals surface area contributed by atoms with Gasteiger partial charge in [0.15, 0.2) is 0 Å². The zero-order chi connectivity index (χ0) is 12.8. The number of rotatable bonds is 3. The Hall–Kier alpha value is -2.76. The second-order valence-corrected chi connectivity index (χ2v) is 3.29. The fraction of sp³-hybridized carbons (Fsp3) is 0. The van der Waals surface area contributed by atoms with E-state index in [4.69, 9.17) is 0 Å². The van der Waals surface area contributed by atoms with Gasteiger partial charge in [-0.15, -0.1) is 0 Å². The number of nitrogens with one attached hydrogen (secondary N) is 1. The fourth-order valence-electron chi connectivity index (χ4n) is 1.20. The average molecular weight is 241 g/mol. The van der Waals surface area contributed by atoms with Crippen molar-refractivity contribution in [3.8, 4) is 0 Å². The Kier molecular flexibility index (Phi) is 3.60. The molecule has 0 aliphatic heterocycles. The van der Waals surface area contributed by atoms with Crippen molar-refractivity contribution in [1.82, 2.24) is 15.4 Å². The summed E-state index contributed by atoms with van der Waals surface area (Å²) in [4.78, 5) is 19.2. The highest BCUT2D eigenvalue weighted by atomic mass is 16.3. The molecule has 6 nitrogen and oxygen atoms in total. The van der Waals surface area contributed by atoms with Crippen LogP contribution in [-0.2, 0) is 0 Å². The van der Waals surface area contributed by atoms with E-state index in [9.17, 15) is 9.90 Å². The summed E-state index contributed by atoms with van der Waals surface area (Å²) in [6, 6.07) is 9.74. The van der Waals surface area contributed by atoms with Crippen molar-refractivity contribution in [3.05, 3.63) is 60.2 Å². The average Bonchev–Trinajstić information content (AvgIpc) is 2.46. The van der Waals surface area contributed by atoms with Crippen LogP contribution >= 0.6 is 0 Å². The fourth-order valence-corrected chi connectivity index (χ4v) is 1.20. The van der Waals surface area contributed by atoms with Crippen molar-refractivity contribution >= 4 is 11.8 Å². The highest BCUT2D eigenvalue weighted by Crippen LogP contribution is 1.94. The van der Waals surface area contributed by atoms with E-state index in [2.05, 4.69) is 20.5 Å². The van der Waals surface area contributed by atoms with Crippen LogP contribution in [0.5, 0.6) is 0 Å². The lowest BCUT2D eigenvalue weighted by molar-refractivity contribution is -0.214. The molecule has 0 aliphatic rings. The van der Waals surface area contributed by atoms with Gasteiger partial charge in [0.2, 0.25) is 0 Å². The minimum absolute atomic E-state index is 0.166. The number of hydrazone groups is 1. The van der Waals surface area contributed by atoms with Gasteiger partial charge in [-0.25, -0.2) is 5.43 Å². The third kappa shape index (κ3) is 2.88. The predicted molar refractivity (Wildman–Crippen MR) is 62.5 cm³/mol. The number of amides is 1. The molecule has 18 heavy (non-hydrogen) atoms. The van der Waals surface area contributed by atoms with Crippen LogP contribution in [0.2, 0.25) is 0 Å². The predicted octanol–water partition coefficient (Wildman–Crippen LogP) is -0.0715. The Morgan fingerprint density at radius 2 is 1.67 bits per heavy atom. The van der Waals surface area contributed by atoms with Gasteiger partial charge in [-0.3, -0.25) is 14.8 Å². The Morgan fingerprint density at radius 1 is 1.06 bits per heavy atom. The van der Waals surface area contributed by atoms with Gasteiger partial charge in [-0.05, 0) is 24.3 Å². The molecule has 0 saturated heterocycles. The summed E-state index contributed by atoms with van der Waals surface area (Å²) in [5, 5.41) is 14.9. The zero-order valence-corrected chi connectivity index (χ0v) is 9.28. The monoisotopic (exact) mass is 241 g/mol. The van der Waals surface area contributed by atoms with Gasteiger partial charge >= 0.3 is 0 Å². The molecule has 2 aromatic heterocycles. The van der Waals surface area contributed by atoms with Gasteiger partial charge < -0.3 is 5.11 Å². The van der Waals surface area contributed by atoms with E-state index in [1.165, 1.54) is 24.5 Å². The smallest absolute Gasteiger partial charge is 0.289 e. The molecule has 0 atom stereocenters.